The van der Waals surface area contributed by atoms with Gasteiger partial charge in [-0.15, -0.1) is 0 Å². The molecule has 4 rings (SSSR count). The lowest BCUT2D eigenvalue weighted by Gasteiger charge is -2.38. The van der Waals surface area contributed by atoms with Gasteiger partial charge in [-0.1, -0.05) is 23.7 Å². The molecule has 0 bridgehead atoms. The molecule has 0 spiro atoms. The summed E-state index contributed by atoms with van der Waals surface area (Å²) < 4.78 is 2.13. The molecule has 1 unspecified atom stereocenters. The molecule has 2 aliphatic rings. The third kappa shape index (κ3) is 3.62. The fourth-order valence-corrected chi connectivity index (χ4v) is 4.30. The van der Waals surface area contributed by atoms with Crippen LogP contribution < -0.4 is 5.32 Å². The van der Waals surface area contributed by atoms with Gasteiger partial charge in [-0.2, -0.15) is 0 Å². The van der Waals surface area contributed by atoms with Crippen molar-refractivity contribution in [1.82, 2.24) is 14.9 Å². The average molecular weight is 360 g/mol. The van der Waals surface area contributed by atoms with Crippen molar-refractivity contribution < 1.29 is 5.11 Å². The summed E-state index contributed by atoms with van der Waals surface area (Å²) >= 11 is 6.10. The molecule has 1 aromatic heterocycles. The van der Waals surface area contributed by atoms with Crippen molar-refractivity contribution in [2.24, 2.45) is 13.0 Å². The molecule has 2 saturated carbocycles. The van der Waals surface area contributed by atoms with Gasteiger partial charge in [0.1, 0.15) is 5.82 Å². The van der Waals surface area contributed by atoms with E-state index in [1.165, 1.54) is 12.8 Å². The molecule has 1 atom stereocenters. The number of hydrogen-bond acceptors (Lipinski definition) is 3. The first-order valence-electron chi connectivity index (χ1n) is 9.27. The summed E-state index contributed by atoms with van der Waals surface area (Å²) in [6.45, 7) is 0. The molecule has 4 nitrogen and oxygen atoms in total. The Morgan fingerprint density at radius 2 is 2.04 bits per heavy atom. The fraction of sp³-hybridized carbons (Fsp3) is 0.550. The van der Waals surface area contributed by atoms with Gasteiger partial charge in [0.2, 0.25) is 0 Å². The molecule has 5 heteroatoms. The Morgan fingerprint density at radius 1 is 1.28 bits per heavy atom. The lowest BCUT2D eigenvalue weighted by Crippen LogP contribution is -2.42. The van der Waals surface area contributed by atoms with Crippen LogP contribution in [-0.4, -0.2) is 20.7 Å². The fourth-order valence-electron chi connectivity index (χ4n) is 4.11. The minimum absolute atomic E-state index is 0.336. The molecule has 2 aromatic rings. The molecular formula is C20H26ClN3O. The highest BCUT2D eigenvalue weighted by molar-refractivity contribution is 6.30. The zero-order valence-electron chi connectivity index (χ0n) is 14.7. The van der Waals surface area contributed by atoms with Crippen molar-refractivity contribution in [3.63, 3.8) is 0 Å². The summed E-state index contributed by atoms with van der Waals surface area (Å²) in [7, 11) is 2.07. The first-order chi connectivity index (χ1) is 12.0. The lowest BCUT2D eigenvalue weighted by molar-refractivity contribution is -0.00979. The Morgan fingerprint density at radius 3 is 2.64 bits per heavy atom. The number of imidazole rings is 1. The summed E-state index contributed by atoms with van der Waals surface area (Å²) in [4.78, 5) is 4.57. The van der Waals surface area contributed by atoms with E-state index in [1.54, 1.807) is 0 Å². The smallest absolute Gasteiger partial charge is 0.125 e. The highest BCUT2D eigenvalue weighted by Gasteiger charge is 2.39. The van der Waals surface area contributed by atoms with Gasteiger partial charge in [0.15, 0.2) is 0 Å². The first-order valence-corrected chi connectivity index (χ1v) is 9.65. The summed E-state index contributed by atoms with van der Waals surface area (Å²) in [6, 6.07) is 8.43. The van der Waals surface area contributed by atoms with Crippen LogP contribution in [0.3, 0.4) is 0 Å². The van der Waals surface area contributed by atoms with E-state index in [0.717, 1.165) is 37.1 Å². The summed E-state index contributed by atoms with van der Waals surface area (Å²) in [6.07, 6.45) is 9.93. The number of nitrogens with zero attached hydrogens (tertiary/aromatic N) is 2. The van der Waals surface area contributed by atoms with E-state index < -0.39 is 5.60 Å². The van der Waals surface area contributed by atoms with E-state index in [1.807, 2.05) is 36.7 Å². The molecule has 25 heavy (non-hydrogen) atoms. The van der Waals surface area contributed by atoms with E-state index in [4.69, 9.17) is 11.6 Å². The maximum absolute atomic E-state index is 11.1. The van der Waals surface area contributed by atoms with Gasteiger partial charge in [0.05, 0.1) is 11.6 Å². The molecule has 2 N–H and O–H groups in total. The highest BCUT2D eigenvalue weighted by atomic mass is 35.5. The number of nitrogens with one attached hydrogen (secondary N) is 1. The first kappa shape index (κ1) is 17.1. The van der Waals surface area contributed by atoms with Crippen LogP contribution in [0.2, 0.25) is 5.02 Å². The minimum atomic E-state index is -0.749. The van der Waals surface area contributed by atoms with Crippen LogP contribution >= 0.6 is 11.6 Å². The van der Waals surface area contributed by atoms with Gasteiger partial charge in [0, 0.05) is 30.5 Å². The van der Waals surface area contributed by atoms with Gasteiger partial charge >= 0.3 is 0 Å². The quantitative estimate of drug-likeness (QED) is 0.850. The number of benzene rings is 1. The summed E-state index contributed by atoms with van der Waals surface area (Å²) in [5, 5.41) is 15.6. The van der Waals surface area contributed by atoms with Crippen LogP contribution in [0.4, 0.5) is 0 Å². The molecule has 134 valence electrons. The molecule has 0 radical (unpaired) electrons. The molecule has 0 amide bonds. The predicted octanol–water partition coefficient (Wildman–Crippen LogP) is 3.94. The summed E-state index contributed by atoms with van der Waals surface area (Å²) in [5.41, 5.74) is 0.197. The zero-order valence-corrected chi connectivity index (χ0v) is 15.4. The number of halogens is 1. The number of aliphatic hydroxyl groups is 1. The molecule has 1 aromatic carbocycles. The van der Waals surface area contributed by atoms with Gasteiger partial charge < -0.3 is 15.0 Å². The number of aryl methyl sites for hydroxylation is 1. The second kappa shape index (κ2) is 6.75. The summed E-state index contributed by atoms with van der Waals surface area (Å²) in [5.74, 6) is 1.84. The Balaban J connectivity index is 1.42. The number of aromatic nitrogens is 2. The Hall–Kier alpha value is -1.36. The normalized spacial score (nSPS) is 28.0. The van der Waals surface area contributed by atoms with Crippen LogP contribution in [0.5, 0.6) is 0 Å². The van der Waals surface area contributed by atoms with Crippen molar-refractivity contribution in [1.29, 1.82) is 0 Å². The van der Waals surface area contributed by atoms with Crippen molar-refractivity contribution in [3.8, 4) is 0 Å². The molecule has 2 aliphatic carbocycles. The molecule has 0 saturated heterocycles. The predicted molar refractivity (Wildman–Crippen MR) is 99.4 cm³/mol. The second-order valence-electron chi connectivity index (χ2n) is 7.69. The highest BCUT2D eigenvalue weighted by Crippen LogP contribution is 2.43. The van der Waals surface area contributed by atoms with Gasteiger partial charge in [-0.05, 0) is 62.1 Å². The van der Waals surface area contributed by atoms with Crippen molar-refractivity contribution in [2.75, 3.05) is 0 Å². The monoisotopic (exact) mass is 359 g/mol. The van der Waals surface area contributed by atoms with Crippen molar-refractivity contribution in [2.45, 2.75) is 56.2 Å². The SMILES string of the molecule is Cn1ccnc1C(NC1CCC(O)(c2cccc(Cl)c2)CC1)C1CC1. The van der Waals surface area contributed by atoms with Crippen LogP contribution in [0.25, 0.3) is 0 Å². The second-order valence-corrected chi connectivity index (χ2v) is 8.13. The largest absolute Gasteiger partial charge is 0.385 e. The van der Waals surface area contributed by atoms with Crippen LogP contribution in [0, 0.1) is 5.92 Å². The van der Waals surface area contributed by atoms with Crippen LogP contribution in [-0.2, 0) is 12.6 Å². The maximum Gasteiger partial charge on any atom is 0.125 e. The molecular weight excluding hydrogens is 334 g/mol. The number of hydrogen-bond donors (Lipinski definition) is 2. The average Bonchev–Trinajstić information content (AvgIpc) is 3.36. The lowest BCUT2D eigenvalue weighted by atomic mass is 9.77. The third-order valence-corrected chi connectivity index (χ3v) is 6.06. The van der Waals surface area contributed by atoms with Crippen LogP contribution in [0.15, 0.2) is 36.7 Å². The van der Waals surface area contributed by atoms with E-state index in [9.17, 15) is 5.11 Å². The van der Waals surface area contributed by atoms with Gasteiger partial charge in [-0.3, -0.25) is 0 Å². The van der Waals surface area contributed by atoms with Crippen molar-refractivity contribution in [3.05, 3.63) is 53.1 Å². The Labute approximate surface area is 154 Å². The van der Waals surface area contributed by atoms with Crippen LogP contribution in [0.1, 0.15) is 56.0 Å². The maximum atomic E-state index is 11.1. The standard InChI is InChI=1S/C20H26ClN3O/c1-24-12-11-22-19(24)18(14-5-6-14)23-17-7-9-20(25,10-8-17)15-3-2-4-16(21)13-15/h2-4,11-14,17-18,23,25H,5-10H2,1H3. The van der Waals surface area contributed by atoms with E-state index >= 15 is 0 Å². The molecule has 2 fully saturated rings. The third-order valence-electron chi connectivity index (χ3n) is 5.82. The molecule has 0 aliphatic heterocycles. The Bertz CT molecular complexity index is 732. The Kier molecular flexibility index (Phi) is 4.61. The van der Waals surface area contributed by atoms with E-state index in [0.29, 0.717) is 23.0 Å². The van der Waals surface area contributed by atoms with E-state index in [-0.39, 0.29) is 0 Å². The topological polar surface area (TPSA) is 50.1 Å². The van der Waals surface area contributed by atoms with Gasteiger partial charge in [-0.25, -0.2) is 4.98 Å². The molecule has 1 heterocycles. The zero-order chi connectivity index (χ0) is 17.4. The van der Waals surface area contributed by atoms with Crippen molar-refractivity contribution >= 4 is 11.6 Å². The number of rotatable bonds is 5. The van der Waals surface area contributed by atoms with Gasteiger partial charge in [0.25, 0.3) is 0 Å². The van der Waals surface area contributed by atoms with E-state index in [2.05, 4.69) is 21.9 Å². The minimum Gasteiger partial charge on any atom is -0.385 e.